The van der Waals surface area contributed by atoms with E-state index in [9.17, 15) is 4.39 Å². The van der Waals surface area contributed by atoms with Crippen LogP contribution in [-0.4, -0.2) is 13.7 Å². The molecule has 1 N–H and O–H groups in total. The number of methoxy groups -OCH3 is 1. The molecule has 0 aliphatic rings. The molecule has 2 rings (SSSR count). The second kappa shape index (κ2) is 7.57. The van der Waals surface area contributed by atoms with E-state index in [0.717, 1.165) is 23.0 Å². The topological polar surface area (TPSA) is 21.3 Å². The highest BCUT2D eigenvalue weighted by atomic mass is 79.9. The maximum atomic E-state index is 14.5. The molecule has 2 nitrogen and oxygen atoms in total. The largest absolute Gasteiger partial charge is 0.494 e. The highest BCUT2D eigenvalue weighted by Gasteiger charge is 2.18. The molecule has 1 atom stereocenters. The number of hydrogen-bond donors (Lipinski definition) is 1. The molecule has 0 saturated carbocycles. The minimum absolute atomic E-state index is 0.0839. The molecule has 0 spiro atoms. The van der Waals surface area contributed by atoms with Crippen molar-refractivity contribution in [2.24, 2.45) is 0 Å². The van der Waals surface area contributed by atoms with Gasteiger partial charge in [-0.25, -0.2) is 4.39 Å². The van der Waals surface area contributed by atoms with Crippen molar-refractivity contribution in [2.45, 2.75) is 19.4 Å². The molecule has 0 aliphatic carbocycles. The van der Waals surface area contributed by atoms with Gasteiger partial charge in [0.25, 0.3) is 0 Å². The highest BCUT2D eigenvalue weighted by Crippen LogP contribution is 2.27. The predicted molar refractivity (Wildman–Crippen MR) is 87.2 cm³/mol. The first kappa shape index (κ1) is 16.0. The van der Waals surface area contributed by atoms with E-state index in [1.807, 2.05) is 37.3 Å². The van der Waals surface area contributed by atoms with Gasteiger partial charge in [-0.05, 0) is 36.7 Å². The molecule has 0 heterocycles. The number of halogens is 2. The summed E-state index contributed by atoms with van der Waals surface area (Å²) < 4.78 is 20.6. The summed E-state index contributed by atoms with van der Waals surface area (Å²) in [6.07, 6.45) is 0.720. The van der Waals surface area contributed by atoms with Crippen LogP contribution in [0.25, 0.3) is 0 Å². The van der Waals surface area contributed by atoms with Gasteiger partial charge in [0.05, 0.1) is 7.11 Å². The Kier molecular flexibility index (Phi) is 5.76. The molecule has 1 unspecified atom stereocenters. The lowest BCUT2D eigenvalue weighted by molar-refractivity contribution is 0.379. The SMILES string of the molecule is CCNC(Cc1cccc(Br)c1)c1cccc(OC)c1F. The Morgan fingerprint density at radius 2 is 2.00 bits per heavy atom. The van der Waals surface area contributed by atoms with Crippen LogP contribution in [0.15, 0.2) is 46.9 Å². The van der Waals surface area contributed by atoms with Crippen molar-refractivity contribution in [2.75, 3.05) is 13.7 Å². The molecule has 21 heavy (non-hydrogen) atoms. The van der Waals surface area contributed by atoms with Crippen molar-refractivity contribution in [1.82, 2.24) is 5.32 Å². The summed E-state index contributed by atoms with van der Waals surface area (Å²) in [4.78, 5) is 0. The van der Waals surface area contributed by atoms with E-state index in [1.165, 1.54) is 7.11 Å². The summed E-state index contributed by atoms with van der Waals surface area (Å²) in [6, 6.07) is 13.3. The fourth-order valence-electron chi connectivity index (χ4n) is 2.39. The fourth-order valence-corrected chi connectivity index (χ4v) is 2.84. The van der Waals surface area contributed by atoms with Crippen molar-refractivity contribution in [1.29, 1.82) is 0 Å². The fraction of sp³-hybridized carbons (Fsp3) is 0.294. The molecule has 0 fully saturated rings. The molecule has 2 aromatic carbocycles. The van der Waals surface area contributed by atoms with E-state index in [-0.39, 0.29) is 17.6 Å². The minimum atomic E-state index is -0.291. The number of hydrogen-bond acceptors (Lipinski definition) is 2. The van der Waals surface area contributed by atoms with Crippen LogP contribution in [-0.2, 0) is 6.42 Å². The maximum Gasteiger partial charge on any atom is 0.169 e. The Bertz CT molecular complexity index is 603. The lowest BCUT2D eigenvalue weighted by Crippen LogP contribution is -2.24. The Balaban J connectivity index is 2.31. The molecule has 2 aromatic rings. The first-order valence-electron chi connectivity index (χ1n) is 6.96. The van der Waals surface area contributed by atoms with Gasteiger partial charge in [-0.15, -0.1) is 0 Å². The van der Waals surface area contributed by atoms with Gasteiger partial charge in [0.1, 0.15) is 0 Å². The van der Waals surface area contributed by atoms with Crippen LogP contribution in [0.3, 0.4) is 0 Å². The second-order valence-electron chi connectivity index (χ2n) is 4.81. The lowest BCUT2D eigenvalue weighted by atomic mass is 9.98. The molecule has 112 valence electrons. The van der Waals surface area contributed by atoms with Gasteiger partial charge in [0, 0.05) is 16.1 Å². The minimum Gasteiger partial charge on any atom is -0.494 e. The zero-order valence-corrected chi connectivity index (χ0v) is 13.8. The number of rotatable bonds is 6. The molecule has 0 saturated heterocycles. The third-order valence-electron chi connectivity index (χ3n) is 3.37. The first-order valence-corrected chi connectivity index (χ1v) is 7.75. The van der Waals surface area contributed by atoms with Crippen molar-refractivity contribution < 1.29 is 9.13 Å². The van der Waals surface area contributed by atoms with Gasteiger partial charge >= 0.3 is 0 Å². The maximum absolute atomic E-state index is 14.5. The third kappa shape index (κ3) is 4.05. The lowest BCUT2D eigenvalue weighted by Gasteiger charge is -2.20. The molecule has 0 aromatic heterocycles. The van der Waals surface area contributed by atoms with Gasteiger partial charge < -0.3 is 10.1 Å². The third-order valence-corrected chi connectivity index (χ3v) is 3.86. The van der Waals surface area contributed by atoms with Gasteiger partial charge in [0.15, 0.2) is 11.6 Å². The molecule has 0 aliphatic heterocycles. The molecule has 4 heteroatoms. The molecule has 0 radical (unpaired) electrons. The number of benzene rings is 2. The molecule has 0 bridgehead atoms. The van der Waals surface area contributed by atoms with Crippen LogP contribution in [0.2, 0.25) is 0 Å². The van der Waals surface area contributed by atoms with Crippen molar-refractivity contribution in [3.05, 3.63) is 63.9 Å². The Morgan fingerprint density at radius 3 is 2.67 bits per heavy atom. The zero-order chi connectivity index (χ0) is 15.2. The van der Waals surface area contributed by atoms with Crippen LogP contribution in [0.5, 0.6) is 5.75 Å². The van der Waals surface area contributed by atoms with Gasteiger partial charge in [-0.2, -0.15) is 0 Å². The first-order chi connectivity index (χ1) is 10.2. The Hall–Kier alpha value is -1.39. The summed E-state index contributed by atoms with van der Waals surface area (Å²) in [5.41, 5.74) is 1.79. The van der Waals surface area contributed by atoms with E-state index < -0.39 is 0 Å². The number of ether oxygens (including phenoxy) is 1. The van der Waals surface area contributed by atoms with Gasteiger partial charge in [0.2, 0.25) is 0 Å². The average Bonchev–Trinajstić information content (AvgIpc) is 2.47. The number of nitrogens with one attached hydrogen (secondary N) is 1. The summed E-state index contributed by atoms with van der Waals surface area (Å²) >= 11 is 3.47. The average molecular weight is 352 g/mol. The predicted octanol–water partition coefficient (Wildman–Crippen LogP) is 4.49. The van der Waals surface area contributed by atoms with E-state index in [1.54, 1.807) is 6.07 Å². The van der Waals surface area contributed by atoms with Gasteiger partial charge in [-0.1, -0.05) is 47.1 Å². The Morgan fingerprint density at radius 1 is 1.24 bits per heavy atom. The summed E-state index contributed by atoms with van der Waals surface area (Å²) in [6.45, 7) is 2.79. The normalized spacial score (nSPS) is 12.2. The molecular formula is C17H19BrFNO. The summed E-state index contributed by atoms with van der Waals surface area (Å²) in [5, 5.41) is 3.35. The smallest absolute Gasteiger partial charge is 0.169 e. The van der Waals surface area contributed by atoms with Crippen molar-refractivity contribution in [3.8, 4) is 5.75 Å². The zero-order valence-electron chi connectivity index (χ0n) is 12.2. The van der Waals surface area contributed by atoms with Crippen molar-refractivity contribution in [3.63, 3.8) is 0 Å². The van der Waals surface area contributed by atoms with Crippen LogP contribution < -0.4 is 10.1 Å². The highest BCUT2D eigenvalue weighted by molar-refractivity contribution is 9.10. The van der Waals surface area contributed by atoms with Crippen molar-refractivity contribution >= 4 is 15.9 Å². The van der Waals surface area contributed by atoms with E-state index >= 15 is 0 Å². The monoisotopic (exact) mass is 351 g/mol. The summed E-state index contributed by atoms with van der Waals surface area (Å²) in [5.74, 6) is -0.00871. The van der Waals surface area contributed by atoms with E-state index in [0.29, 0.717) is 5.56 Å². The Labute approximate surface area is 133 Å². The number of likely N-dealkylation sites (N-methyl/N-ethyl adjacent to an activating group) is 1. The van der Waals surface area contributed by atoms with Crippen LogP contribution in [0, 0.1) is 5.82 Å². The van der Waals surface area contributed by atoms with Crippen LogP contribution in [0.4, 0.5) is 4.39 Å². The second-order valence-corrected chi connectivity index (χ2v) is 5.72. The summed E-state index contributed by atoms with van der Waals surface area (Å²) in [7, 11) is 1.48. The quantitative estimate of drug-likeness (QED) is 0.827. The van der Waals surface area contributed by atoms with E-state index in [4.69, 9.17) is 4.74 Å². The van der Waals surface area contributed by atoms with Crippen LogP contribution >= 0.6 is 15.9 Å². The van der Waals surface area contributed by atoms with E-state index in [2.05, 4.69) is 27.3 Å². The van der Waals surface area contributed by atoms with Crippen LogP contribution in [0.1, 0.15) is 24.1 Å². The standard InChI is InChI=1S/C17H19BrFNO/c1-3-20-15(11-12-6-4-7-13(18)10-12)14-8-5-9-16(21-2)17(14)19/h4-10,15,20H,3,11H2,1-2H3. The van der Waals surface area contributed by atoms with Gasteiger partial charge in [-0.3, -0.25) is 0 Å². The molecular weight excluding hydrogens is 333 g/mol. The molecule has 0 amide bonds.